The van der Waals surface area contributed by atoms with Crippen LogP contribution in [0.2, 0.25) is 0 Å². The van der Waals surface area contributed by atoms with E-state index in [1.807, 2.05) is 6.20 Å². The van der Waals surface area contributed by atoms with E-state index in [9.17, 15) is 9.59 Å². The number of carbonyl (C=O) groups is 2. The van der Waals surface area contributed by atoms with Crippen LogP contribution in [0.15, 0.2) is 6.20 Å². The van der Waals surface area contributed by atoms with Gasteiger partial charge in [0.2, 0.25) is 5.91 Å². The maximum absolute atomic E-state index is 12.3. The minimum atomic E-state index is 0.197. The van der Waals surface area contributed by atoms with E-state index in [1.54, 1.807) is 16.4 Å². The number of hydrogen-bond donors (Lipinski definition) is 0. The summed E-state index contributed by atoms with van der Waals surface area (Å²) in [6.45, 7) is 7.98. The third kappa shape index (κ3) is 4.18. The number of rotatable bonds is 9. The number of thioether (sulfide) groups is 1. The molecule has 1 saturated heterocycles. The van der Waals surface area contributed by atoms with Crippen molar-refractivity contribution in [1.82, 2.24) is 19.9 Å². The van der Waals surface area contributed by atoms with E-state index in [4.69, 9.17) is 0 Å². The Balaban J connectivity index is 2.15. The van der Waals surface area contributed by atoms with Crippen LogP contribution < -0.4 is 0 Å². The standard InChI is InChI=1S/C17H28N4O2S/c1-12(15-11-20(19-18-15)8-6-10-22)13(2)17(14(3)24-4)21-9-5-7-16(21)23/h10-14,17H,5-9H2,1-4H3. The van der Waals surface area contributed by atoms with Crippen molar-refractivity contribution in [1.29, 1.82) is 0 Å². The molecule has 1 fully saturated rings. The maximum atomic E-state index is 12.3. The number of aromatic nitrogens is 3. The topological polar surface area (TPSA) is 68.1 Å². The van der Waals surface area contributed by atoms with Crippen molar-refractivity contribution < 1.29 is 9.59 Å². The largest absolute Gasteiger partial charge is 0.338 e. The zero-order chi connectivity index (χ0) is 17.7. The van der Waals surface area contributed by atoms with Crippen molar-refractivity contribution in [2.75, 3.05) is 12.8 Å². The summed E-state index contributed by atoms with van der Waals surface area (Å²) in [5.41, 5.74) is 0.929. The van der Waals surface area contributed by atoms with E-state index in [1.165, 1.54) is 0 Å². The summed E-state index contributed by atoms with van der Waals surface area (Å²) < 4.78 is 1.72. The van der Waals surface area contributed by atoms with E-state index in [0.29, 0.717) is 24.6 Å². The van der Waals surface area contributed by atoms with Gasteiger partial charge in [0.05, 0.1) is 5.69 Å². The molecule has 2 heterocycles. The lowest BCUT2D eigenvalue weighted by atomic mass is 9.84. The molecule has 0 spiro atoms. The van der Waals surface area contributed by atoms with Gasteiger partial charge in [-0.3, -0.25) is 9.48 Å². The fourth-order valence-corrected chi connectivity index (χ4v) is 4.14. The summed E-state index contributed by atoms with van der Waals surface area (Å²) in [6, 6.07) is 0.199. The van der Waals surface area contributed by atoms with Crippen molar-refractivity contribution in [3.63, 3.8) is 0 Å². The van der Waals surface area contributed by atoms with Crippen molar-refractivity contribution in [2.45, 2.75) is 63.8 Å². The Morgan fingerprint density at radius 1 is 1.38 bits per heavy atom. The highest BCUT2D eigenvalue weighted by molar-refractivity contribution is 7.99. The predicted molar refractivity (Wildman–Crippen MR) is 96.0 cm³/mol. The quantitative estimate of drug-likeness (QED) is 0.638. The van der Waals surface area contributed by atoms with E-state index in [0.717, 1.165) is 24.9 Å². The van der Waals surface area contributed by atoms with Gasteiger partial charge in [0, 0.05) is 49.3 Å². The lowest BCUT2D eigenvalue weighted by molar-refractivity contribution is -0.130. The molecule has 1 aliphatic heterocycles. The lowest BCUT2D eigenvalue weighted by Gasteiger charge is -2.38. The molecule has 1 amide bonds. The van der Waals surface area contributed by atoms with E-state index in [2.05, 4.69) is 42.2 Å². The summed E-state index contributed by atoms with van der Waals surface area (Å²) in [5, 5.41) is 8.78. The van der Waals surface area contributed by atoms with Crippen LogP contribution in [-0.4, -0.2) is 56.2 Å². The normalized spacial score (nSPS) is 20.0. The monoisotopic (exact) mass is 352 g/mol. The van der Waals surface area contributed by atoms with Gasteiger partial charge in [-0.15, -0.1) is 5.10 Å². The summed E-state index contributed by atoms with van der Waals surface area (Å²) in [7, 11) is 0. The SMILES string of the molecule is CSC(C)C(C(C)C(C)c1cn(CCC=O)nn1)N1CCCC1=O. The smallest absolute Gasteiger partial charge is 0.222 e. The van der Waals surface area contributed by atoms with Crippen LogP contribution in [0, 0.1) is 5.92 Å². The first-order valence-corrected chi connectivity index (χ1v) is 9.94. The van der Waals surface area contributed by atoms with Gasteiger partial charge >= 0.3 is 0 Å². The van der Waals surface area contributed by atoms with Crippen LogP contribution in [0.4, 0.5) is 0 Å². The van der Waals surface area contributed by atoms with Crippen molar-refractivity contribution in [3.8, 4) is 0 Å². The van der Waals surface area contributed by atoms with Crippen LogP contribution in [0.1, 0.15) is 51.6 Å². The van der Waals surface area contributed by atoms with Crippen molar-refractivity contribution >= 4 is 24.0 Å². The van der Waals surface area contributed by atoms with Crippen LogP contribution in [0.5, 0.6) is 0 Å². The number of nitrogens with zero attached hydrogens (tertiary/aromatic N) is 4. The van der Waals surface area contributed by atoms with Gasteiger partial charge in [0.15, 0.2) is 0 Å². The molecule has 0 aliphatic carbocycles. The molecule has 0 radical (unpaired) electrons. The van der Waals surface area contributed by atoms with E-state index >= 15 is 0 Å². The molecular formula is C17H28N4O2S. The molecule has 1 aromatic heterocycles. The molecule has 0 aromatic carbocycles. The highest BCUT2D eigenvalue weighted by atomic mass is 32.2. The lowest BCUT2D eigenvalue weighted by Crippen LogP contribution is -2.47. The number of likely N-dealkylation sites (tertiary alicyclic amines) is 1. The molecule has 0 saturated carbocycles. The van der Waals surface area contributed by atoms with Crippen LogP contribution in [0.25, 0.3) is 0 Å². The number of aryl methyl sites for hydroxylation is 1. The molecule has 6 nitrogen and oxygen atoms in total. The van der Waals surface area contributed by atoms with Gasteiger partial charge in [0.25, 0.3) is 0 Å². The zero-order valence-electron chi connectivity index (χ0n) is 15.0. The summed E-state index contributed by atoms with van der Waals surface area (Å²) in [5.74, 6) is 0.753. The first-order valence-electron chi connectivity index (χ1n) is 8.65. The average molecular weight is 353 g/mol. The number of aldehydes is 1. The molecule has 7 heteroatoms. The second-order valence-corrected chi connectivity index (χ2v) is 7.85. The Morgan fingerprint density at radius 2 is 2.12 bits per heavy atom. The zero-order valence-corrected chi connectivity index (χ0v) is 15.8. The van der Waals surface area contributed by atoms with Crippen LogP contribution in [0.3, 0.4) is 0 Å². The molecule has 4 unspecified atom stereocenters. The fourth-order valence-electron chi connectivity index (χ4n) is 3.47. The fraction of sp³-hybridized carbons (Fsp3) is 0.765. The first-order chi connectivity index (χ1) is 11.5. The van der Waals surface area contributed by atoms with Gasteiger partial charge in [-0.1, -0.05) is 26.0 Å². The molecule has 1 aliphatic rings. The van der Waals surface area contributed by atoms with E-state index < -0.39 is 0 Å². The minimum Gasteiger partial charge on any atom is -0.338 e. The first kappa shape index (κ1) is 19.0. The second kappa shape index (κ2) is 8.65. The third-order valence-electron chi connectivity index (χ3n) is 5.15. The highest BCUT2D eigenvalue weighted by Gasteiger charge is 2.37. The highest BCUT2D eigenvalue weighted by Crippen LogP contribution is 2.34. The Hall–Kier alpha value is -1.37. The second-order valence-electron chi connectivity index (χ2n) is 6.63. The summed E-state index contributed by atoms with van der Waals surface area (Å²) >= 11 is 1.81. The molecule has 4 atom stereocenters. The molecule has 2 rings (SSSR count). The average Bonchev–Trinajstić information content (AvgIpc) is 3.21. The molecule has 24 heavy (non-hydrogen) atoms. The number of carbonyl (C=O) groups excluding carboxylic acids is 2. The van der Waals surface area contributed by atoms with E-state index in [-0.39, 0.29) is 23.8 Å². The maximum Gasteiger partial charge on any atom is 0.222 e. The van der Waals surface area contributed by atoms with Crippen molar-refractivity contribution in [2.24, 2.45) is 5.92 Å². The molecule has 0 bridgehead atoms. The Labute approximate surface area is 148 Å². The van der Waals surface area contributed by atoms with Gasteiger partial charge in [-0.25, -0.2) is 0 Å². The number of hydrogen-bond acceptors (Lipinski definition) is 5. The van der Waals surface area contributed by atoms with Gasteiger partial charge in [-0.2, -0.15) is 11.8 Å². The summed E-state index contributed by atoms with van der Waals surface area (Å²) in [4.78, 5) is 24.8. The number of amides is 1. The predicted octanol–water partition coefficient (Wildman–Crippen LogP) is 2.35. The Bertz CT molecular complexity index is 563. The Morgan fingerprint density at radius 3 is 2.71 bits per heavy atom. The van der Waals surface area contributed by atoms with Gasteiger partial charge < -0.3 is 9.69 Å². The van der Waals surface area contributed by atoms with Crippen LogP contribution in [-0.2, 0) is 16.1 Å². The molecule has 134 valence electrons. The van der Waals surface area contributed by atoms with Crippen LogP contribution >= 0.6 is 11.8 Å². The Kier molecular flexibility index (Phi) is 6.83. The molecule has 1 aromatic rings. The molecular weight excluding hydrogens is 324 g/mol. The van der Waals surface area contributed by atoms with Gasteiger partial charge in [-0.05, 0) is 18.6 Å². The minimum absolute atomic E-state index is 0.197. The van der Waals surface area contributed by atoms with Gasteiger partial charge in [0.1, 0.15) is 6.29 Å². The van der Waals surface area contributed by atoms with Crippen molar-refractivity contribution in [3.05, 3.63) is 11.9 Å². The summed E-state index contributed by atoms with van der Waals surface area (Å²) in [6.07, 6.45) is 6.99. The third-order valence-corrected chi connectivity index (χ3v) is 6.17. The molecule has 0 N–H and O–H groups in total.